The zero-order valence-electron chi connectivity index (χ0n) is 19.0. The second-order valence-corrected chi connectivity index (χ2v) is 9.29. The summed E-state index contributed by atoms with van der Waals surface area (Å²) < 4.78 is 5.61. The van der Waals surface area contributed by atoms with E-state index in [0.29, 0.717) is 12.8 Å². The second kappa shape index (κ2) is 9.40. The van der Waals surface area contributed by atoms with Crippen LogP contribution in [0, 0.1) is 11.8 Å². The normalized spacial score (nSPS) is 24.9. The Balaban J connectivity index is 1.20. The Labute approximate surface area is 202 Å². The molecule has 0 radical (unpaired) electrons. The van der Waals surface area contributed by atoms with Gasteiger partial charge in [0.1, 0.15) is 18.6 Å². The third kappa shape index (κ3) is 4.34. The van der Waals surface area contributed by atoms with E-state index >= 15 is 0 Å². The molecule has 1 saturated heterocycles. The Bertz CT molecular complexity index is 1140. The summed E-state index contributed by atoms with van der Waals surface area (Å²) in [7, 11) is 0. The molecule has 9 nitrogen and oxygen atoms in total. The third-order valence-corrected chi connectivity index (χ3v) is 7.30. The van der Waals surface area contributed by atoms with Gasteiger partial charge >= 0.3 is 12.1 Å². The molecule has 0 spiro atoms. The maximum atomic E-state index is 12.9. The highest BCUT2D eigenvalue weighted by Crippen LogP contribution is 2.44. The van der Waals surface area contributed by atoms with E-state index < -0.39 is 47.8 Å². The van der Waals surface area contributed by atoms with Crippen LogP contribution >= 0.6 is 0 Å². The van der Waals surface area contributed by atoms with Gasteiger partial charge in [-0.3, -0.25) is 14.4 Å². The molecule has 1 aliphatic heterocycles. The van der Waals surface area contributed by atoms with Crippen LogP contribution in [0.2, 0.25) is 0 Å². The highest BCUT2D eigenvalue weighted by atomic mass is 16.5. The topological polar surface area (TPSA) is 134 Å². The molecule has 9 heteroatoms. The fraction of sp³-hybridized carbons (Fsp3) is 0.385. The van der Waals surface area contributed by atoms with Crippen molar-refractivity contribution in [2.24, 2.45) is 11.8 Å². The van der Waals surface area contributed by atoms with Gasteiger partial charge in [0.15, 0.2) is 0 Å². The van der Waals surface area contributed by atoms with Crippen LogP contribution in [0.15, 0.2) is 48.5 Å². The quantitative estimate of drug-likeness (QED) is 0.503. The maximum absolute atomic E-state index is 12.9. The minimum Gasteiger partial charge on any atom is -0.481 e. The van der Waals surface area contributed by atoms with Crippen LogP contribution < -0.4 is 16.0 Å². The summed E-state index contributed by atoms with van der Waals surface area (Å²) in [6.45, 7) is 0.150. The molecule has 0 bridgehead atoms. The Hall–Kier alpha value is -3.88. The number of fused-ring (bicyclic) bond motifs is 3. The van der Waals surface area contributed by atoms with E-state index in [9.17, 15) is 24.3 Å². The van der Waals surface area contributed by atoms with Crippen LogP contribution in [0.4, 0.5) is 4.79 Å². The fourth-order valence-corrected chi connectivity index (χ4v) is 5.52. The van der Waals surface area contributed by atoms with E-state index in [-0.39, 0.29) is 19.1 Å². The van der Waals surface area contributed by atoms with Crippen molar-refractivity contribution >= 4 is 23.9 Å². The largest absolute Gasteiger partial charge is 0.481 e. The van der Waals surface area contributed by atoms with Gasteiger partial charge in [0.25, 0.3) is 0 Å². The first-order valence-corrected chi connectivity index (χ1v) is 11.9. The number of hydrogen-bond acceptors (Lipinski definition) is 5. The Morgan fingerprint density at radius 3 is 2.26 bits per heavy atom. The van der Waals surface area contributed by atoms with Gasteiger partial charge in [-0.1, -0.05) is 55.0 Å². The standard InChI is InChI=1S/C26H27N3O6/c30-23(29-22-19(25(32)33)12-27-24(22)31)18-10-5-11-21(18)28-26(34)35-13-20-16-8-3-1-6-14(16)15-7-2-4-9-17(15)20/h1-4,6-9,18-22H,5,10-13H2,(H,27,31)(H,28,34)(H,29,30)(H,32,33)/t18-,19?,21+,22?/m1/s1. The van der Waals surface area contributed by atoms with Crippen LogP contribution in [-0.2, 0) is 19.1 Å². The van der Waals surface area contributed by atoms with Crippen molar-refractivity contribution < 1.29 is 29.0 Å². The summed E-state index contributed by atoms with van der Waals surface area (Å²) in [6.07, 6.45) is 1.26. The number of rotatable bonds is 6. The summed E-state index contributed by atoms with van der Waals surface area (Å²) >= 11 is 0. The fourth-order valence-electron chi connectivity index (χ4n) is 5.52. The van der Waals surface area contributed by atoms with Gasteiger partial charge in [0.2, 0.25) is 11.8 Å². The molecule has 4 atom stereocenters. The van der Waals surface area contributed by atoms with E-state index in [1.54, 1.807) is 0 Å². The monoisotopic (exact) mass is 477 g/mol. The van der Waals surface area contributed by atoms with Crippen LogP contribution in [0.3, 0.4) is 0 Å². The molecular formula is C26H27N3O6. The summed E-state index contributed by atoms with van der Waals surface area (Å²) in [5.41, 5.74) is 4.50. The lowest BCUT2D eigenvalue weighted by Crippen LogP contribution is -2.51. The lowest BCUT2D eigenvalue weighted by atomic mass is 9.98. The lowest BCUT2D eigenvalue weighted by Gasteiger charge is -2.23. The second-order valence-electron chi connectivity index (χ2n) is 9.29. The molecule has 1 saturated carbocycles. The molecule has 3 amide bonds. The summed E-state index contributed by atoms with van der Waals surface area (Å²) in [5, 5.41) is 17.2. The minimum atomic E-state index is -1.15. The molecule has 1 heterocycles. The molecule has 182 valence electrons. The number of aliphatic carboxylic acids is 1. The average molecular weight is 478 g/mol. The molecule has 2 aromatic carbocycles. The molecule has 2 unspecified atom stereocenters. The van der Waals surface area contributed by atoms with Gasteiger partial charge in [-0.2, -0.15) is 0 Å². The number of carbonyl (C=O) groups is 4. The Kier molecular flexibility index (Phi) is 6.15. The van der Waals surface area contributed by atoms with E-state index in [1.165, 1.54) is 0 Å². The van der Waals surface area contributed by atoms with Crippen molar-refractivity contribution in [3.05, 3.63) is 59.7 Å². The number of nitrogens with one attached hydrogen (secondary N) is 3. The number of hydrogen-bond donors (Lipinski definition) is 4. The molecule has 2 aromatic rings. The molecular weight excluding hydrogens is 450 g/mol. The first-order chi connectivity index (χ1) is 16.9. The number of carboxylic acid groups (broad SMARTS) is 1. The molecule has 35 heavy (non-hydrogen) atoms. The summed E-state index contributed by atoms with van der Waals surface area (Å²) in [6, 6.07) is 14.6. The first kappa shape index (κ1) is 22.9. The van der Waals surface area contributed by atoms with Crippen LogP contribution in [0.5, 0.6) is 0 Å². The summed E-state index contributed by atoms with van der Waals surface area (Å²) in [4.78, 5) is 48.9. The predicted molar refractivity (Wildman–Crippen MR) is 125 cm³/mol. The maximum Gasteiger partial charge on any atom is 0.407 e. The van der Waals surface area contributed by atoms with Crippen LogP contribution in [0.1, 0.15) is 36.3 Å². The van der Waals surface area contributed by atoms with Gasteiger partial charge in [0.05, 0.1) is 5.92 Å². The third-order valence-electron chi connectivity index (χ3n) is 7.30. The van der Waals surface area contributed by atoms with Gasteiger partial charge in [0, 0.05) is 18.5 Å². The number of benzene rings is 2. The Morgan fingerprint density at radius 2 is 1.60 bits per heavy atom. The smallest absolute Gasteiger partial charge is 0.407 e. The molecule has 4 N–H and O–H groups in total. The van der Waals surface area contributed by atoms with E-state index in [1.807, 2.05) is 36.4 Å². The van der Waals surface area contributed by atoms with Crippen LogP contribution in [-0.4, -0.2) is 54.2 Å². The van der Waals surface area contributed by atoms with Crippen molar-refractivity contribution in [1.82, 2.24) is 16.0 Å². The Morgan fingerprint density at radius 1 is 0.943 bits per heavy atom. The molecule has 5 rings (SSSR count). The SMILES string of the molecule is O=C(N[C@H]1CCC[C@H]1C(=O)NC1C(=O)NCC1C(=O)O)OCC1c2ccccc2-c2ccccc21. The van der Waals surface area contributed by atoms with Crippen LogP contribution in [0.25, 0.3) is 11.1 Å². The predicted octanol–water partition coefficient (Wildman–Crippen LogP) is 2.01. The number of carbonyl (C=O) groups excluding carboxylic acids is 3. The molecule has 2 aliphatic carbocycles. The zero-order chi connectivity index (χ0) is 24.5. The van der Waals surface area contributed by atoms with Crippen molar-refractivity contribution in [2.75, 3.05) is 13.2 Å². The van der Waals surface area contributed by atoms with Crippen molar-refractivity contribution in [1.29, 1.82) is 0 Å². The van der Waals surface area contributed by atoms with E-state index in [2.05, 4.69) is 28.1 Å². The molecule has 3 aliphatic rings. The lowest BCUT2D eigenvalue weighted by molar-refractivity contribution is -0.143. The van der Waals surface area contributed by atoms with E-state index in [4.69, 9.17) is 4.74 Å². The zero-order valence-corrected chi connectivity index (χ0v) is 19.0. The molecule has 0 aromatic heterocycles. The van der Waals surface area contributed by atoms with Gasteiger partial charge in [-0.05, 0) is 35.1 Å². The minimum absolute atomic E-state index is 0.0226. The van der Waals surface area contributed by atoms with Gasteiger partial charge < -0.3 is 25.8 Å². The highest BCUT2D eigenvalue weighted by molar-refractivity contribution is 5.95. The first-order valence-electron chi connectivity index (χ1n) is 11.9. The summed E-state index contributed by atoms with van der Waals surface area (Å²) in [5.74, 6) is -3.72. The van der Waals surface area contributed by atoms with Gasteiger partial charge in [-0.25, -0.2) is 4.79 Å². The van der Waals surface area contributed by atoms with E-state index in [0.717, 1.165) is 28.7 Å². The molecule has 2 fully saturated rings. The van der Waals surface area contributed by atoms with Crippen molar-refractivity contribution in [3.63, 3.8) is 0 Å². The number of alkyl carbamates (subject to hydrolysis) is 1. The number of carboxylic acids is 1. The number of amides is 3. The van der Waals surface area contributed by atoms with Crippen molar-refractivity contribution in [2.45, 2.75) is 37.3 Å². The highest BCUT2D eigenvalue weighted by Gasteiger charge is 2.43. The number of ether oxygens (including phenoxy) is 1. The average Bonchev–Trinajstić information content (AvgIpc) is 3.54. The van der Waals surface area contributed by atoms with Crippen molar-refractivity contribution in [3.8, 4) is 11.1 Å². The van der Waals surface area contributed by atoms with Gasteiger partial charge in [-0.15, -0.1) is 0 Å².